The molecule has 0 saturated carbocycles. The minimum Gasteiger partial charge on any atom is -0.341 e. The molecule has 2 aliphatic heterocycles. The number of nitrogens with zero attached hydrogens (tertiary/aromatic N) is 2. The van der Waals surface area contributed by atoms with Gasteiger partial charge in [-0.25, -0.2) is 0 Å². The van der Waals surface area contributed by atoms with Crippen LogP contribution < -0.4 is 5.32 Å². The second-order valence-corrected chi connectivity index (χ2v) is 5.97. The van der Waals surface area contributed by atoms with Crippen molar-refractivity contribution in [3.8, 4) is 0 Å². The molecule has 0 aromatic carbocycles. The molecule has 5 heteroatoms. The SMILES string of the molecule is CC(=O)N1CCCN(C(=O)CCC2CCNCC2)CC1. The number of rotatable bonds is 3. The highest BCUT2D eigenvalue weighted by molar-refractivity contribution is 5.76. The highest BCUT2D eigenvalue weighted by Crippen LogP contribution is 2.18. The quantitative estimate of drug-likeness (QED) is 0.834. The molecule has 2 fully saturated rings. The highest BCUT2D eigenvalue weighted by Gasteiger charge is 2.21. The third kappa shape index (κ3) is 4.47. The first kappa shape index (κ1) is 15.3. The maximum Gasteiger partial charge on any atom is 0.222 e. The molecule has 0 aliphatic carbocycles. The van der Waals surface area contributed by atoms with Crippen LogP contribution in [0.3, 0.4) is 0 Å². The van der Waals surface area contributed by atoms with Gasteiger partial charge in [-0.05, 0) is 44.7 Å². The first-order chi connectivity index (χ1) is 9.66. The van der Waals surface area contributed by atoms with E-state index in [2.05, 4.69) is 5.32 Å². The van der Waals surface area contributed by atoms with Gasteiger partial charge in [0.05, 0.1) is 0 Å². The Balaban J connectivity index is 1.73. The topological polar surface area (TPSA) is 52.7 Å². The molecule has 0 unspecified atom stereocenters. The van der Waals surface area contributed by atoms with Gasteiger partial charge in [0.2, 0.25) is 11.8 Å². The van der Waals surface area contributed by atoms with Gasteiger partial charge in [-0.1, -0.05) is 0 Å². The third-order valence-corrected chi connectivity index (χ3v) is 4.52. The van der Waals surface area contributed by atoms with Crippen molar-refractivity contribution in [2.45, 2.75) is 39.0 Å². The third-order valence-electron chi connectivity index (χ3n) is 4.52. The number of piperidine rings is 1. The number of hydrogen-bond donors (Lipinski definition) is 1. The van der Waals surface area contributed by atoms with E-state index in [1.165, 1.54) is 12.8 Å². The summed E-state index contributed by atoms with van der Waals surface area (Å²) in [4.78, 5) is 27.4. The molecule has 0 atom stereocenters. The number of hydrogen-bond acceptors (Lipinski definition) is 3. The van der Waals surface area contributed by atoms with Crippen LogP contribution in [-0.4, -0.2) is 60.9 Å². The number of carbonyl (C=O) groups is 2. The van der Waals surface area contributed by atoms with Gasteiger partial charge in [-0.3, -0.25) is 9.59 Å². The average molecular weight is 281 g/mol. The fraction of sp³-hybridized carbons (Fsp3) is 0.867. The summed E-state index contributed by atoms with van der Waals surface area (Å²) in [5, 5.41) is 3.36. The predicted octanol–water partition coefficient (Wildman–Crippen LogP) is 0.847. The molecule has 0 aromatic rings. The summed E-state index contributed by atoms with van der Waals surface area (Å²) in [6.07, 6.45) is 4.99. The van der Waals surface area contributed by atoms with Crippen molar-refractivity contribution < 1.29 is 9.59 Å². The Hall–Kier alpha value is -1.10. The Morgan fingerprint density at radius 2 is 1.70 bits per heavy atom. The Morgan fingerprint density at radius 3 is 2.40 bits per heavy atom. The molecule has 0 spiro atoms. The van der Waals surface area contributed by atoms with Crippen molar-refractivity contribution >= 4 is 11.8 Å². The average Bonchev–Trinajstić information content (AvgIpc) is 2.72. The largest absolute Gasteiger partial charge is 0.341 e. The molecule has 2 amide bonds. The summed E-state index contributed by atoms with van der Waals surface area (Å²) < 4.78 is 0. The standard InChI is InChI=1S/C15H27N3O2/c1-13(19)17-9-2-10-18(12-11-17)15(20)4-3-14-5-7-16-8-6-14/h14,16H,2-12H2,1H3. The van der Waals surface area contributed by atoms with Crippen LogP contribution in [0.15, 0.2) is 0 Å². The number of nitrogens with one attached hydrogen (secondary N) is 1. The molecule has 2 heterocycles. The lowest BCUT2D eigenvalue weighted by molar-refractivity contribution is -0.132. The van der Waals surface area contributed by atoms with E-state index in [0.29, 0.717) is 25.4 Å². The van der Waals surface area contributed by atoms with Crippen LogP contribution in [0.2, 0.25) is 0 Å². The number of amides is 2. The summed E-state index contributed by atoms with van der Waals surface area (Å²) in [5.74, 6) is 1.10. The minimum atomic E-state index is 0.119. The van der Waals surface area contributed by atoms with Gasteiger partial charge in [0.15, 0.2) is 0 Å². The van der Waals surface area contributed by atoms with Crippen LogP contribution in [0, 0.1) is 5.92 Å². The van der Waals surface area contributed by atoms with Crippen molar-refractivity contribution in [3.05, 3.63) is 0 Å². The zero-order valence-corrected chi connectivity index (χ0v) is 12.6. The molecular formula is C15H27N3O2. The smallest absolute Gasteiger partial charge is 0.222 e. The molecule has 114 valence electrons. The summed E-state index contributed by atoms with van der Waals surface area (Å²) in [5.41, 5.74) is 0. The fourth-order valence-corrected chi connectivity index (χ4v) is 3.14. The molecule has 5 nitrogen and oxygen atoms in total. The molecule has 2 rings (SSSR count). The second kappa shape index (κ2) is 7.62. The molecule has 0 bridgehead atoms. The first-order valence-electron chi connectivity index (χ1n) is 7.91. The van der Waals surface area contributed by atoms with Crippen LogP contribution in [-0.2, 0) is 9.59 Å². The normalized spacial score (nSPS) is 21.6. The van der Waals surface area contributed by atoms with Crippen molar-refractivity contribution in [2.75, 3.05) is 39.3 Å². The zero-order chi connectivity index (χ0) is 14.4. The maximum absolute atomic E-state index is 12.3. The van der Waals surface area contributed by atoms with Crippen LogP contribution in [0.1, 0.15) is 39.0 Å². The molecule has 20 heavy (non-hydrogen) atoms. The van der Waals surface area contributed by atoms with E-state index in [-0.39, 0.29) is 11.8 Å². The summed E-state index contributed by atoms with van der Waals surface area (Å²) in [7, 11) is 0. The lowest BCUT2D eigenvalue weighted by Gasteiger charge is -2.25. The van der Waals surface area contributed by atoms with E-state index < -0.39 is 0 Å². The second-order valence-electron chi connectivity index (χ2n) is 5.97. The van der Waals surface area contributed by atoms with Gasteiger partial charge in [-0.2, -0.15) is 0 Å². The van der Waals surface area contributed by atoms with E-state index in [1.807, 2.05) is 9.80 Å². The Kier molecular flexibility index (Phi) is 5.83. The van der Waals surface area contributed by atoms with E-state index in [4.69, 9.17) is 0 Å². The Morgan fingerprint density at radius 1 is 1.05 bits per heavy atom. The lowest BCUT2D eigenvalue weighted by Crippen LogP contribution is -2.37. The molecule has 1 N–H and O–H groups in total. The summed E-state index contributed by atoms with van der Waals surface area (Å²) >= 11 is 0. The lowest BCUT2D eigenvalue weighted by atomic mass is 9.93. The van der Waals surface area contributed by atoms with Crippen molar-refractivity contribution in [2.24, 2.45) is 5.92 Å². The molecule has 0 aromatic heterocycles. The van der Waals surface area contributed by atoms with Gasteiger partial charge in [0, 0.05) is 39.5 Å². The maximum atomic E-state index is 12.3. The van der Waals surface area contributed by atoms with E-state index in [1.54, 1.807) is 6.92 Å². The van der Waals surface area contributed by atoms with Crippen LogP contribution in [0.5, 0.6) is 0 Å². The van der Waals surface area contributed by atoms with E-state index in [9.17, 15) is 9.59 Å². The van der Waals surface area contributed by atoms with Gasteiger partial charge in [0.25, 0.3) is 0 Å². The fourth-order valence-electron chi connectivity index (χ4n) is 3.14. The molecule has 2 aliphatic rings. The molecular weight excluding hydrogens is 254 g/mol. The first-order valence-corrected chi connectivity index (χ1v) is 7.91. The van der Waals surface area contributed by atoms with Crippen molar-refractivity contribution in [1.82, 2.24) is 15.1 Å². The van der Waals surface area contributed by atoms with Gasteiger partial charge < -0.3 is 15.1 Å². The number of carbonyl (C=O) groups excluding carboxylic acids is 2. The van der Waals surface area contributed by atoms with Crippen LogP contribution >= 0.6 is 0 Å². The van der Waals surface area contributed by atoms with Crippen molar-refractivity contribution in [1.29, 1.82) is 0 Å². The van der Waals surface area contributed by atoms with E-state index >= 15 is 0 Å². The van der Waals surface area contributed by atoms with Crippen molar-refractivity contribution in [3.63, 3.8) is 0 Å². The molecule has 0 radical (unpaired) electrons. The highest BCUT2D eigenvalue weighted by atomic mass is 16.2. The van der Waals surface area contributed by atoms with Gasteiger partial charge in [0.1, 0.15) is 0 Å². The monoisotopic (exact) mass is 281 g/mol. The van der Waals surface area contributed by atoms with Crippen LogP contribution in [0.4, 0.5) is 0 Å². The Bertz CT molecular complexity index is 340. The predicted molar refractivity (Wildman–Crippen MR) is 78.3 cm³/mol. The minimum absolute atomic E-state index is 0.119. The molecule has 2 saturated heterocycles. The van der Waals surface area contributed by atoms with Crippen LogP contribution in [0.25, 0.3) is 0 Å². The van der Waals surface area contributed by atoms with Gasteiger partial charge in [-0.15, -0.1) is 0 Å². The zero-order valence-electron chi connectivity index (χ0n) is 12.6. The van der Waals surface area contributed by atoms with Gasteiger partial charge >= 0.3 is 0 Å². The Labute approximate surface area is 121 Å². The summed E-state index contributed by atoms with van der Waals surface area (Å²) in [6, 6.07) is 0. The summed E-state index contributed by atoms with van der Waals surface area (Å²) in [6.45, 7) is 6.77. The van der Waals surface area contributed by atoms with E-state index in [0.717, 1.165) is 39.0 Å².